The highest BCUT2D eigenvalue weighted by molar-refractivity contribution is 7.53. The molecule has 0 amide bonds. The van der Waals surface area contributed by atoms with Crippen LogP contribution in [0.3, 0.4) is 0 Å². The van der Waals surface area contributed by atoms with Gasteiger partial charge >= 0.3 is 7.60 Å². The summed E-state index contributed by atoms with van der Waals surface area (Å²) in [5, 5.41) is -1.17. The first kappa shape index (κ1) is 11.2. The molecule has 0 bridgehead atoms. The summed E-state index contributed by atoms with van der Waals surface area (Å²) in [4.78, 5) is 18.3. The van der Waals surface area contributed by atoms with E-state index in [-0.39, 0.29) is 0 Å². The number of hydrogen-bond acceptors (Lipinski definition) is 2. The molecule has 4 nitrogen and oxygen atoms in total. The van der Waals surface area contributed by atoms with Gasteiger partial charge in [-0.25, -0.2) is 0 Å². The third kappa shape index (κ3) is 1.98. The summed E-state index contributed by atoms with van der Waals surface area (Å²) in [6, 6.07) is 6.53. The van der Waals surface area contributed by atoms with Crippen molar-refractivity contribution in [3.05, 3.63) is 29.8 Å². The molecule has 4 N–H and O–H groups in total. The third-order valence-corrected chi connectivity index (χ3v) is 4.06. The van der Waals surface area contributed by atoms with E-state index in [1.807, 2.05) is 0 Å². The monoisotopic (exact) mass is 215 g/mol. The maximum absolute atomic E-state index is 11.2. The zero-order valence-corrected chi connectivity index (χ0v) is 9.03. The largest absolute Gasteiger partial charge is 0.399 e. The van der Waals surface area contributed by atoms with Crippen LogP contribution in [0.2, 0.25) is 0 Å². The van der Waals surface area contributed by atoms with Gasteiger partial charge in [0.15, 0.2) is 0 Å². The average molecular weight is 215 g/mol. The van der Waals surface area contributed by atoms with E-state index in [0.29, 0.717) is 11.3 Å². The molecule has 0 fully saturated rings. The quantitative estimate of drug-likeness (QED) is 0.517. The fraction of sp³-hybridized carbons (Fsp3) is 0.333. The summed E-state index contributed by atoms with van der Waals surface area (Å²) in [6.07, 6.45) is 0. The number of benzene rings is 1. The van der Waals surface area contributed by atoms with Crippen LogP contribution in [0, 0.1) is 0 Å². The van der Waals surface area contributed by atoms with E-state index in [1.54, 1.807) is 24.3 Å². The number of nitrogens with two attached hydrogens (primary N) is 1. The lowest BCUT2D eigenvalue weighted by atomic mass is 10.0. The van der Waals surface area contributed by atoms with Gasteiger partial charge in [-0.3, -0.25) is 4.57 Å². The van der Waals surface area contributed by atoms with Gasteiger partial charge in [0.2, 0.25) is 0 Å². The minimum Gasteiger partial charge on any atom is -0.399 e. The molecule has 0 aliphatic heterocycles. The van der Waals surface area contributed by atoms with Gasteiger partial charge in [0.1, 0.15) is 0 Å². The highest BCUT2D eigenvalue weighted by Gasteiger charge is 2.39. The minimum absolute atomic E-state index is 0.579. The highest BCUT2D eigenvalue weighted by Crippen LogP contribution is 2.56. The smallest absolute Gasteiger partial charge is 0.335 e. The number of rotatable bonds is 2. The van der Waals surface area contributed by atoms with Crippen molar-refractivity contribution in [3.63, 3.8) is 0 Å². The second-order valence-corrected chi connectivity index (χ2v) is 5.93. The summed E-state index contributed by atoms with van der Waals surface area (Å²) < 4.78 is 11.2. The summed E-state index contributed by atoms with van der Waals surface area (Å²) in [6.45, 7) is 3.03. The lowest BCUT2D eigenvalue weighted by Crippen LogP contribution is -2.17. The number of nitrogen functional groups attached to an aromatic ring is 1. The SMILES string of the molecule is CC(C)(c1ccc(N)cc1)P(=O)(O)O. The molecule has 5 heteroatoms. The lowest BCUT2D eigenvalue weighted by Gasteiger charge is -2.26. The van der Waals surface area contributed by atoms with Crippen molar-refractivity contribution in [3.8, 4) is 0 Å². The number of hydrogen-bond donors (Lipinski definition) is 3. The summed E-state index contributed by atoms with van der Waals surface area (Å²) >= 11 is 0. The van der Waals surface area contributed by atoms with Crippen LogP contribution in [0.25, 0.3) is 0 Å². The topological polar surface area (TPSA) is 83.6 Å². The Balaban J connectivity index is 3.17. The van der Waals surface area contributed by atoms with Gasteiger partial charge < -0.3 is 15.5 Å². The van der Waals surface area contributed by atoms with Crippen molar-refractivity contribution >= 4 is 13.3 Å². The highest BCUT2D eigenvalue weighted by atomic mass is 31.2. The molecule has 0 heterocycles. The van der Waals surface area contributed by atoms with Crippen LogP contribution in [0.15, 0.2) is 24.3 Å². The van der Waals surface area contributed by atoms with Gasteiger partial charge in [-0.15, -0.1) is 0 Å². The molecule has 0 aromatic heterocycles. The molecular weight excluding hydrogens is 201 g/mol. The Hall–Kier alpha value is -0.830. The zero-order chi connectivity index (χ0) is 11.0. The maximum Gasteiger partial charge on any atom is 0.335 e. The van der Waals surface area contributed by atoms with Gasteiger partial charge in [0.25, 0.3) is 0 Å². The molecule has 0 aliphatic carbocycles. The molecule has 1 rings (SSSR count). The van der Waals surface area contributed by atoms with Gasteiger partial charge in [-0.05, 0) is 31.5 Å². The molecule has 0 saturated carbocycles. The van der Waals surface area contributed by atoms with Crippen LogP contribution < -0.4 is 5.73 Å². The van der Waals surface area contributed by atoms with Crippen molar-refractivity contribution in [2.24, 2.45) is 0 Å². The minimum atomic E-state index is -4.15. The van der Waals surface area contributed by atoms with Crippen molar-refractivity contribution in [1.29, 1.82) is 0 Å². The van der Waals surface area contributed by atoms with E-state index < -0.39 is 12.8 Å². The van der Waals surface area contributed by atoms with Gasteiger partial charge in [-0.1, -0.05) is 12.1 Å². The molecule has 78 valence electrons. The first-order chi connectivity index (χ1) is 6.25. The van der Waals surface area contributed by atoms with Crippen molar-refractivity contribution in [1.82, 2.24) is 0 Å². The molecule has 1 aromatic rings. The zero-order valence-electron chi connectivity index (χ0n) is 8.14. The molecule has 0 saturated heterocycles. The predicted molar refractivity (Wildman–Crippen MR) is 55.9 cm³/mol. The van der Waals surface area contributed by atoms with Crippen molar-refractivity contribution < 1.29 is 14.4 Å². The van der Waals surface area contributed by atoms with Crippen LogP contribution in [0.4, 0.5) is 5.69 Å². The Morgan fingerprint density at radius 3 is 2.00 bits per heavy atom. The van der Waals surface area contributed by atoms with E-state index in [4.69, 9.17) is 15.5 Å². The predicted octanol–water partition coefficient (Wildman–Crippen LogP) is 1.68. The molecule has 0 radical (unpaired) electrons. The van der Waals surface area contributed by atoms with Crippen molar-refractivity contribution in [2.45, 2.75) is 19.0 Å². The second kappa shape index (κ2) is 3.39. The summed E-state index contributed by atoms with van der Waals surface area (Å²) in [5.74, 6) is 0. The van der Waals surface area contributed by atoms with Crippen LogP contribution in [0.5, 0.6) is 0 Å². The Morgan fingerprint density at radius 2 is 1.64 bits per heavy atom. The second-order valence-electron chi connectivity index (χ2n) is 3.73. The third-order valence-electron chi connectivity index (χ3n) is 2.35. The first-order valence-corrected chi connectivity index (χ1v) is 5.78. The number of anilines is 1. The molecule has 14 heavy (non-hydrogen) atoms. The molecule has 1 aromatic carbocycles. The fourth-order valence-electron chi connectivity index (χ4n) is 1.06. The van der Waals surface area contributed by atoms with E-state index in [0.717, 1.165) is 0 Å². The van der Waals surface area contributed by atoms with E-state index in [9.17, 15) is 4.57 Å². The Labute approximate surface area is 82.9 Å². The Morgan fingerprint density at radius 1 is 1.21 bits per heavy atom. The fourth-order valence-corrected chi connectivity index (χ4v) is 1.54. The maximum atomic E-state index is 11.2. The average Bonchev–Trinajstić information content (AvgIpc) is 2.03. The Kier molecular flexibility index (Phi) is 2.72. The molecule has 0 atom stereocenters. The normalized spacial score (nSPS) is 12.9. The summed E-state index contributed by atoms with van der Waals surface area (Å²) in [7, 11) is -4.15. The molecule has 0 spiro atoms. The van der Waals surface area contributed by atoms with Crippen LogP contribution >= 0.6 is 7.60 Å². The van der Waals surface area contributed by atoms with Crippen molar-refractivity contribution in [2.75, 3.05) is 5.73 Å². The van der Waals surface area contributed by atoms with E-state index in [1.165, 1.54) is 13.8 Å². The summed E-state index contributed by atoms with van der Waals surface area (Å²) in [5.41, 5.74) is 6.65. The van der Waals surface area contributed by atoms with E-state index in [2.05, 4.69) is 0 Å². The van der Waals surface area contributed by atoms with Crippen LogP contribution in [-0.4, -0.2) is 9.79 Å². The van der Waals surface area contributed by atoms with Gasteiger partial charge in [-0.2, -0.15) is 0 Å². The molecule has 0 unspecified atom stereocenters. The van der Waals surface area contributed by atoms with E-state index >= 15 is 0 Å². The lowest BCUT2D eigenvalue weighted by molar-refractivity contribution is 0.338. The molecule has 0 aliphatic rings. The van der Waals surface area contributed by atoms with Gasteiger partial charge in [0.05, 0.1) is 5.16 Å². The van der Waals surface area contributed by atoms with Gasteiger partial charge in [0, 0.05) is 5.69 Å². The Bertz CT molecular complexity index is 366. The standard InChI is InChI=1S/C9H14NO3P/c1-9(2,14(11,12)13)7-3-5-8(10)6-4-7/h3-6H,10H2,1-2H3,(H2,11,12,13). The first-order valence-electron chi connectivity index (χ1n) is 4.17. The molecular formula is C9H14NO3P. The van der Waals surface area contributed by atoms with Crippen LogP contribution in [-0.2, 0) is 9.72 Å². The van der Waals surface area contributed by atoms with Crippen LogP contribution in [0.1, 0.15) is 19.4 Å².